The van der Waals surface area contributed by atoms with Crippen LogP contribution in [0.5, 0.6) is 0 Å². The molecule has 0 atom stereocenters. The van der Waals surface area contributed by atoms with Gasteiger partial charge in [0.1, 0.15) is 0 Å². The molecule has 1 rings (SSSR count). The molecule has 0 aromatic carbocycles. The van der Waals surface area contributed by atoms with Gasteiger partial charge in [-0.2, -0.15) is 17.6 Å². The second-order valence-corrected chi connectivity index (χ2v) is 8.95. The zero-order valence-corrected chi connectivity index (χ0v) is 15.7. The van der Waals surface area contributed by atoms with Gasteiger partial charge in [0.15, 0.2) is 0 Å². The van der Waals surface area contributed by atoms with Gasteiger partial charge in [-0.3, -0.25) is 9.47 Å². The normalized spacial score (nSPS) is 23.7. The van der Waals surface area contributed by atoms with Gasteiger partial charge in [-0.25, -0.2) is 4.79 Å². The lowest BCUT2D eigenvalue weighted by Gasteiger charge is -2.33. The summed E-state index contributed by atoms with van der Waals surface area (Å²) in [6.07, 6.45) is 0. The number of ether oxygens (including phenoxy) is 3. The summed E-state index contributed by atoms with van der Waals surface area (Å²) < 4.78 is 58.0. The van der Waals surface area contributed by atoms with Gasteiger partial charge in [-0.15, -0.1) is 0 Å². The van der Waals surface area contributed by atoms with Crippen LogP contribution in [-0.2, 0) is 19.0 Å². The predicted octanol–water partition coefficient (Wildman–Crippen LogP) is 5.33. The Balaban J connectivity index is 3.22. The molecule has 1 aliphatic rings. The summed E-state index contributed by atoms with van der Waals surface area (Å²) in [5.74, 6) is -14.4. The maximum atomic E-state index is 14.0. The molecule has 0 amide bonds. The van der Waals surface area contributed by atoms with Crippen molar-refractivity contribution in [1.82, 2.24) is 0 Å². The van der Waals surface area contributed by atoms with Crippen molar-refractivity contribution in [3.05, 3.63) is 0 Å². The van der Waals surface area contributed by atoms with Crippen LogP contribution in [0.3, 0.4) is 0 Å². The number of halogens is 12. The lowest BCUT2D eigenvalue weighted by atomic mass is 10.1. The summed E-state index contributed by atoms with van der Waals surface area (Å²) in [6, 6.07) is 0. The molecule has 0 aliphatic carbocycles. The molecule has 4 nitrogen and oxygen atoms in total. The summed E-state index contributed by atoms with van der Waals surface area (Å²) >= 11 is 41.0. The topological polar surface area (TPSA) is 44.8 Å². The predicted molar refractivity (Wildman–Crippen MR) is 75.9 cm³/mol. The van der Waals surface area contributed by atoms with E-state index in [9.17, 15) is 22.4 Å². The van der Waals surface area contributed by atoms with Gasteiger partial charge >= 0.3 is 27.0 Å². The Morgan fingerprint density at radius 3 is 1.52 bits per heavy atom. The van der Waals surface area contributed by atoms with Crippen molar-refractivity contribution >= 4 is 98.8 Å². The Bertz CT molecular complexity index is 491. The monoisotopic (exact) mass is 504 g/mol. The van der Waals surface area contributed by atoms with Gasteiger partial charge in [0.2, 0.25) is 0 Å². The summed E-state index contributed by atoms with van der Waals surface area (Å²) in [7, 11) is 0. The maximum Gasteiger partial charge on any atom is 0.411 e. The zero-order chi connectivity index (χ0) is 18.7. The third kappa shape index (κ3) is 4.07. The molecule has 0 N–H and O–H groups in total. The molecule has 0 bridgehead atoms. The Morgan fingerprint density at radius 2 is 1.22 bits per heavy atom. The molecule has 0 spiro atoms. The summed E-state index contributed by atoms with van der Waals surface area (Å²) in [6.45, 7) is 0. The minimum Gasteiger partial charge on any atom is -0.410 e. The van der Waals surface area contributed by atoms with E-state index in [1.807, 2.05) is 0 Å². The molecular formula is C7Cl8F4O4. The first-order chi connectivity index (χ1) is 9.79. The van der Waals surface area contributed by atoms with Crippen molar-refractivity contribution in [2.45, 2.75) is 30.1 Å². The molecule has 1 heterocycles. The number of hydrogen-bond donors (Lipinski definition) is 0. The fourth-order valence-corrected chi connectivity index (χ4v) is 2.39. The number of hydrogen-bond acceptors (Lipinski definition) is 4. The van der Waals surface area contributed by atoms with Crippen molar-refractivity contribution in [3.63, 3.8) is 0 Å². The molecule has 1 aliphatic heterocycles. The minimum absolute atomic E-state index is 2.98. The Kier molecular flexibility index (Phi) is 6.11. The highest BCUT2D eigenvalue weighted by Crippen LogP contribution is 2.62. The smallest absolute Gasteiger partial charge is 0.410 e. The van der Waals surface area contributed by atoms with E-state index in [-0.39, 0.29) is 0 Å². The third-order valence-electron chi connectivity index (χ3n) is 2.09. The number of carbonyl (C=O) groups is 1. The van der Waals surface area contributed by atoms with Crippen molar-refractivity contribution in [2.75, 3.05) is 0 Å². The van der Waals surface area contributed by atoms with Crippen LogP contribution in [0.2, 0.25) is 0 Å². The summed E-state index contributed by atoms with van der Waals surface area (Å²) in [4.78, 5) is 11.1. The van der Waals surface area contributed by atoms with Crippen LogP contribution >= 0.6 is 92.8 Å². The van der Waals surface area contributed by atoms with Crippen molar-refractivity contribution in [3.8, 4) is 0 Å². The van der Waals surface area contributed by atoms with Gasteiger partial charge in [0, 0.05) is 0 Å². The average Bonchev–Trinajstić information content (AvgIpc) is 2.40. The van der Waals surface area contributed by atoms with Crippen LogP contribution in [0, 0.1) is 0 Å². The SMILES string of the molecule is O=C(OC(Cl)(Cl)Cl)C(F)(F)C(F)(F)C1(Cl)OC(Cl)(Cl)C(Cl)(Cl)O1. The van der Waals surface area contributed by atoms with E-state index in [1.165, 1.54) is 0 Å². The second kappa shape index (κ2) is 6.25. The Hall–Kier alpha value is 1.43. The molecule has 23 heavy (non-hydrogen) atoms. The van der Waals surface area contributed by atoms with Crippen molar-refractivity contribution in [1.29, 1.82) is 0 Å². The number of alkyl halides is 12. The number of carbonyl (C=O) groups excluding carboxylic acids is 1. The first kappa shape index (κ1) is 22.5. The zero-order valence-electron chi connectivity index (χ0n) is 9.67. The molecule has 0 radical (unpaired) electrons. The third-order valence-corrected chi connectivity index (χ3v) is 4.48. The standard InChI is InChI=1S/C7Cl8F4O4/c8-4(9)5(10,11)23-6(12,22-4)3(18,19)2(16,17)1(20)21-7(13,14)15. The molecule has 0 aromatic heterocycles. The maximum absolute atomic E-state index is 14.0. The fraction of sp³-hybridized carbons (Fsp3) is 0.857. The van der Waals surface area contributed by atoms with E-state index in [0.717, 1.165) is 0 Å². The minimum atomic E-state index is -5.74. The number of rotatable bonds is 3. The van der Waals surface area contributed by atoms with Gasteiger partial charge < -0.3 is 4.74 Å². The molecule has 0 aromatic rings. The molecule has 136 valence electrons. The lowest BCUT2D eigenvalue weighted by molar-refractivity contribution is -0.321. The van der Waals surface area contributed by atoms with Crippen LogP contribution < -0.4 is 0 Å². The lowest BCUT2D eigenvalue weighted by Crippen LogP contribution is -2.61. The summed E-state index contributed by atoms with van der Waals surface area (Å²) in [5.41, 5.74) is 0. The molecular weight excluding hydrogens is 508 g/mol. The highest BCUT2D eigenvalue weighted by molar-refractivity contribution is 6.66. The van der Waals surface area contributed by atoms with Crippen LogP contribution in [0.15, 0.2) is 0 Å². The van der Waals surface area contributed by atoms with E-state index in [1.54, 1.807) is 0 Å². The fourth-order valence-electron chi connectivity index (χ4n) is 1.08. The van der Waals surface area contributed by atoms with Crippen LogP contribution in [0.25, 0.3) is 0 Å². The van der Waals surface area contributed by atoms with Crippen LogP contribution in [0.4, 0.5) is 17.6 Å². The van der Waals surface area contributed by atoms with Crippen LogP contribution in [0.1, 0.15) is 0 Å². The van der Waals surface area contributed by atoms with E-state index in [0.29, 0.717) is 0 Å². The first-order valence-corrected chi connectivity index (χ1v) is 7.72. The van der Waals surface area contributed by atoms with Gasteiger partial charge in [0.25, 0.3) is 9.04 Å². The summed E-state index contributed by atoms with van der Waals surface area (Å²) in [5, 5.41) is -4.17. The quantitative estimate of drug-likeness (QED) is 0.294. The highest BCUT2D eigenvalue weighted by Gasteiger charge is 2.82. The molecule has 1 fully saturated rings. The van der Waals surface area contributed by atoms with E-state index in [4.69, 9.17) is 92.8 Å². The highest BCUT2D eigenvalue weighted by atomic mass is 35.6. The van der Waals surface area contributed by atoms with Gasteiger partial charge in [-0.1, -0.05) is 46.4 Å². The Morgan fingerprint density at radius 1 is 0.870 bits per heavy atom. The van der Waals surface area contributed by atoms with Gasteiger partial charge in [0.05, 0.1) is 0 Å². The van der Waals surface area contributed by atoms with Gasteiger partial charge in [-0.05, 0) is 46.4 Å². The molecule has 1 saturated heterocycles. The van der Waals surface area contributed by atoms with E-state index < -0.39 is 36.1 Å². The molecule has 0 saturated carbocycles. The first-order valence-electron chi connectivity index (χ1n) is 4.70. The van der Waals surface area contributed by atoms with Crippen molar-refractivity contribution in [2.24, 2.45) is 0 Å². The number of esters is 1. The largest absolute Gasteiger partial charge is 0.411 e. The van der Waals surface area contributed by atoms with Crippen LogP contribution in [-0.4, -0.2) is 36.1 Å². The van der Waals surface area contributed by atoms with E-state index in [2.05, 4.69) is 14.2 Å². The molecule has 0 unspecified atom stereocenters. The second-order valence-electron chi connectivity index (χ2n) is 3.76. The Labute approximate surface area is 165 Å². The average molecular weight is 508 g/mol. The van der Waals surface area contributed by atoms with E-state index >= 15 is 0 Å². The molecule has 16 heteroatoms. The van der Waals surface area contributed by atoms with Crippen molar-refractivity contribution < 1.29 is 36.6 Å².